The van der Waals surface area contributed by atoms with Gasteiger partial charge in [0.05, 0.1) is 13.0 Å². The van der Waals surface area contributed by atoms with Crippen LogP contribution in [-0.2, 0) is 16.6 Å². The van der Waals surface area contributed by atoms with Crippen LogP contribution < -0.4 is 10.5 Å². The molecule has 1 aliphatic rings. The van der Waals surface area contributed by atoms with E-state index in [1.165, 1.54) is 0 Å². The second-order valence-electron chi connectivity index (χ2n) is 8.30. The molecule has 0 bridgehead atoms. The number of amides is 1. The number of nitrogens with zero attached hydrogens (tertiary/aromatic N) is 1. The van der Waals surface area contributed by atoms with Crippen molar-refractivity contribution in [2.45, 2.75) is 18.8 Å². The highest BCUT2D eigenvalue weighted by molar-refractivity contribution is 5.84. The third-order valence-electron chi connectivity index (χ3n) is 6.36. The number of carbonyl (C=O) groups excluding carboxylic acids is 1. The highest BCUT2D eigenvalue weighted by Gasteiger charge is 2.44. The first kappa shape index (κ1) is 20.7. The number of carbonyl (C=O) groups is 1. The van der Waals surface area contributed by atoms with E-state index in [1.54, 1.807) is 19.1 Å². The molecule has 4 rings (SSSR count). The quantitative estimate of drug-likeness (QED) is 0.658. The zero-order valence-corrected chi connectivity index (χ0v) is 18.2. The van der Waals surface area contributed by atoms with E-state index in [1.807, 2.05) is 48.5 Å². The standard InChI is InChI=1S/C27H28N2O2/c1-27(22-13-7-11-20(16-22)21-12-8-14-23(17-21)31-3)18-25(28)29(2)26(30)24(27)15-19-9-5-4-6-10-19/h4-14,16-18,24H,15,28H2,1-3H3/t24-,27+/m0/s1. The van der Waals surface area contributed by atoms with Crippen LogP contribution in [0, 0.1) is 5.92 Å². The molecule has 31 heavy (non-hydrogen) atoms. The van der Waals surface area contributed by atoms with Crippen molar-refractivity contribution in [3.63, 3.8) is 0 Å². The summed E-state index contributed by atoms with van der Waals surface area (Å²) in [6.45, 7) is 2.11. The van der Waals surface area contributed by atoms with Crippen LogP contribution in [0.15, 0.2) is 90.8 Å². The second-order valence-corrected chi connectivity index (χ2v) is 8.30. The van der Waals surface area contributed by atoms with Gasteiger partial charge in [0.25, 0.3) is 0 Å². The van der Waals surface area contributed by atoms with Crippen molar-refractivity contribution >= 4 is 5.91 Å². The SMILES string of the molecule is COc1cccc(-c2cccc([C@@]3(C)C=C(N)N(C)C(=O)[C@@H]3Cc3ccccc3)c2)c1. The molecule has 2 N–H and O–H groups in total. The predicted molar refractivity (Wildman–Crippen MR) is 124 cm³/mol. The number of allylic oxidation sites excluding steroid dienone is 1. The summed E-state index contributed by atoms with van der Waals surface area (Å²) in [6, 6.07) is 26.5. The maximum absolute atomic E-state index is 13.4. The number of methoxy groups -OCH3 is 1. The molecule has 1 amide bonds. The van der Waals surface area contributed by atoms with Gasteiger partial charge in [-0.15, -0.1) is 0 Å². The summed E-state index contributed by atoms with van der Waals surface area (Å²) in [4.78, 5) is 14.9. The molecule has 0 fully saturated rings. The Hall–Kier alpha value is -3.53. The van der Waals surface area contributed by atoms with Crippen LogP contribution in [0.5, 0.6) is 5.75 Å². The van der Waals surface area contributed by atoms with Gasteiger partial charge in [0.1, 0.15) is 11.6 Å². The van der Waals surface area contributed by atoms with E-state index in [4.69, 9.17) is 10.5 Å². The zero-order valence-electron chi connectivity index (χ0n) is 18.2. The molecule has 0 unspecified atom stereocenters. The zero-order chi connectivity index (χ0) is 22.0. The van der Waals surface area contributed by atoms with Gasteiger partial charge in [0, 0.05) is 12.5 Å². The van der Waals surface area contributed by atoms with E-state index in [9.17, 15) is 4.79 Å². The molecular formula is C27H28N2O2. The molecule has 4 nitrogen and oxygen atoms in total. The van der Waals surface area contributed by atoms with Gasteiger partial charge in [-0.3, -0.25) is 4.79 Å². The molecular weight excluding hydrogens is 384 g/mol. The van der Waals surface area contributed by atoms with E-state index >= 15 is 0 Å². The normalized spacial score (nSPS) is 21.0. The monoisotopic (exact) mass is 412 g/mol. The van der Waals surface area contributed by atoms with Crippen molar-refractivity contribution in [1.82, 2.24) is 4.90 Å². The molecule has 1 heterocycles. The predicted octanol–water partition coefficient (Wildman–Crippen LogP) is 4.75. The summed E-state index contributed by atoms with van der Waals surface area (Å²) in [5.41, 5.74) is 10.1. The van der Waals surface area contributed by atoms with Crippen molar-refractivity contribution in [1.29, 1.82) is 0 Å². The lowest BCUT2D eigenvalue weighted by Crippen LogP contribution is -2.50. The molecule has 0 aliphatic carbocycles. The minimum Gasteiger partial charge on any atom is -0.497 e. The van der Waals surface area contributed by atoms with Crippen LogP contribution in [0.1, 0.15) is 18.1 Å². The van der Waals surface area contributed by atoms with Crippen LogP contribution in [0.4, 0.5) is 0 Å². The Labute approximate surface area is 184 Å². The number of benzene rings is 3. The van der Waals surface area contributed by atoms with Crippen LogP contribution in [0.2, 0.25) is 0 Å². The van der Waals surface area contributed by atoms with Gasteiger partial charge in [-0.05, 0) is 46.9 Å². The van der Waals surface area contributed by atoms with Crippen LogP contribution in [0.25, 0.3) is 11.1 Å². The van der Waals surface area contributed by atoms with Gasteiger partial charge in [-0.25, -0.2) is 0 Å². The third-order valence-corrected chi connectivity index (χ3v) is 6.36. The molecule has 3 aromatic carbocycles. The smallest absolute Gasteiger partial charge is 0.232 e. The van der Waals surface area contributed by atoms with E-state index in [0.717, 1.165) is 28.0 Å². The number of rotatable bonds is 5. The lowest BCUT2D eigenvalue weighted by atomic mass is 9.67. The number of hydrogen-bond acceptors (Lipinski definition) is 3. The van der Waals surface area contributed by atoms with Gasteiger partial charge in [0.2, 0.25) is 5.91 Å². The molecule has 0 saturated carbocycles. The fraction of sp³-hybridized carbons (Fsp3) is 0.222. The Morgan fingerprint density at radius 3 is 2.35 bits per heavy atom. The second kappa shape index (κ2) is 8.31. The fourth-order valence-corrected chi connectivity index (χ4v) is 4.39. The Kier molecular flexibility index (Phi) is 5.55. The summed E-state index contributed by atoms with van der Waals surface area (Å²) in [5.74, 6) is 1.09. The fourth-order valence-electron chi connectivity index (χ4n) is 4.39. The summed E-state index contributed by atoms with van der Waals surface area (Å²) >= 11 is 0. The van der Waals surface area contributed by atoms with Crippen molar-refractivity contribution in [3.8, 4) is 16.9 Å². The topological polar surface area (TPSA) is 55.6 Å². The Morgan fingerprint density at radius 2 is 1.65 bits per heavy atom. The largest absolute Gasteiger partial charge is 0.497 e. The average molecular weight is 413 g/mol. The van der Waals surface area contributed by atoms with Crippen LogP contribution in [-0.4, -0.2) is 25.0 Å². The molecule has 1 aliphatic heterocycles. The van der Waals surface area contributed by atoms with Gasteiger partial charge < -0.3 is 15.4 Å². The summed E-state index contributed by atoms with van der Waals surface area (Å²) in [5, 5.41) is 0. The van der Waals surface area contributed by atoms with Crippen LogP contribution >= 0.6 is 0 Å². The minimum absolute atomic E-state index is 0.0399. The molecule has 0 saturated heterocycles. The summed E-state index contributed by atoms with van der Waals surface area (Å²) in [7, 11) is 3.42. The van der Waals surface area contributed by atoms with E-state index in [-0.39, 0.29) is 11.8 Å². The molecule has 4 heteroatoms. The van der Waals surface area contributed by atoms with Gasteiger partial charge in [-0.1, -0.05) is 73.7 Å². The van der Waals surface area contributed by atoms with Crippen LogP contribution in [0.3, 0.4) is 0 Å². The Morgan fingerprint density at radius 1 is 0.968 bits per heavy atom. The Bertz CT molecular complexity index is 1120. The van der Waals surface area contributed by atoms with E-state index in [2.05, 4.69) is 43.3 Å². The number of nitrogens with two attached hydrogens (primary N) is 1. The molecule has 158 valence electrons. The maximum atomic E-state index is 13.4. The average Bonchev–Trinajstić information content (AvgIpc) is 2.81. The number of hydrogen-bond donors (Lipinski definition) is 1. The maximum Gasteiger partial charge on any atom is 0.232 e. The van der Waals surface area contributed by atoms with Gasteiger partial charge in [0.15, 0.2) is 0 Å². The van der Waals surface area contributed by atoms with Crippen molar-refractivity contribution in [3.05, 3.63) is 102 Å². The highest BCUT2D eigenvalue weighted by atomic mass is 16.5. The lowest BCUT2D eigenvalue weighted by Gasteiger charge is -2.42. The highest BCUT2D eigenvalue weighted by Crippen LogP contribution is 2.42. The molecule has 0 radical (unpaired) electrons. The molecule has 2 atom stereocenters. The minimum atomic E-state index is -0.529. The first-order valence-electron chi connectivity index (χ1n) is 10.5. The van der Waals surface area contributed by atoms with Gasteiger partial charge in [-0.2, -0.15) is 0 Å². The summed E-state index contributed by atoms with van der Waals surface area (Å²) < 4.78 is 5.39. The Balaban J connectivity index is 1.80. The molecule has 3 aromatic rings. The lowest BCUT2D eigenvalue weighted by molar-refractivity contribution is -0.135. The number of ether oxygens (including phenoxy) is 1. The first-order valence-corrected chi connectivity index (χ1v) is 10.5. The van der Waals surface area contributed by atoms with Crippen molar-refractivity contribution in [2.75, 3.05) is 14.2 Å². The van der Waals surface area contributed by atoms with Gasteiger partial charge >= 0.3 is 0 Å². The first-order chi connectivity index (χ1) is 14.9. The molecule has 0 spiro atoms. The summed E-state index contributed by atoms with van der Waals surface area (Å²) in [6.07, 6.45) is 2.68. The van der Waals surface area contributed by atoms with Crippen molar-refractivity contribution < 1.29 is 9.53 Å². The third kappa shape index (κ3) is 3.93. The van der Waals surface area contributed by atoms with E-state index in [0.29, 0.717) is 12.2 Å². The van der Waals surface area contributed by atoms with Crippen molar-refractivity contribution in [2.24, 2.45) is 11.7 Å². The van der Waals surface area contributed by atoms with E-state index < -0.39 is 5.41 Å². The molecule has 0 aromatic heterocycles.